The minimum atomic E-state index is -0.0666. The van der Waals surface area contributed by atoms with Gasteiger partial charge in [-0.25, -0.2) is 0 Å². The average molecular weight is 368 g/mol. The van der Waals surface area contributed by atoms with Crippen LogP contribution in [-0.2, 0) is 0 Å². The molecule has 2 aromatic carbocycles. The number of carbonyl (C=O) groups is 2. The molecule has 0 atom stereocenters. The molecule has 1 aliphatic carbocycles. The van der Waals surface area contributed by atoms with E-state index >= 15 is 0 Å². The predicted octanol–water partition coefficient (Wildman–Crippen LogP) is 5.14. The Balaban J connectivity index is 1.64. The standard InChI is InChI=1S/C22H25NO2S/c24-21-16-10-5-6-11-17(16)22(25)20-18(21)12-9-13-19(20)23-14-7-3-1-2-4-8-15-26/h5-6,9-13,23,26H,1-4,7-8,14-15H2. The Bertz CT molecular complexity index is 800. The van der Waals surface area contributed by atoms with Crippen LogP contribution >= 0.6 is 12.6 Å². The molecular weight excluding hydrogens is 342 g/mol. The van der Waals surface area contributed by atoms with Gasteiger partial charge in [0.25, 0.3) is 0 Å². The first-order valence-electron chi connectivity index (χ1n) is 9.40. The molecule has 3 nitrogen and oxygen atoms in total. The maximum absolute atomic E-state index is 12.9. The molecule has 1 aliphatic rings. The van der Waals surface area contributed by atoms with Crippen molar-refractivity contribution in [2.24, 2.45) is 0 Å². The lowest BCUT2D eigenvalue weighted by atomic mass is 9.83. The number of thiol groups is 1. The quantitative estimate of drug-likeness (QED) is 0.406. The van der Waals surface area contributed by atoms with Crippen LogP contribution in [-0.4, -0.2) is 23.9 Å². The molecule has 0 unspecified atom stereocenters. The van der Waals surface area contributed by atoms with Crippen LogP contribution in [0.15, 0.2) is 42.5 Å². The Labute approximate surface area is 160 Å². The lowest BCUT2D eigenvalue weighted by Crippen LogP contribution is -2.22. The summed E-state index contributed by atoms with van der Waals surface area (Å²) in [5, 5.41) is 3.37. The molecule has 26 heavy (non-hydrogen) atoms. The highest BCUT2D eigenvalue weighted by Gasteiger charge is 2.31. The third-order valence-electron chi connectivity index (χ3n) is 4.85. The van der Waals surface area contributed by atoms with E-state index in [4.69, 9.17) is 0 Å². The molecule has 2 aromatic rings. The lowest BCUT2D eigenvalue weighted by molar-refractivity contribution is 0.0979. The molecule has 0 amide bonds. The lowest BCUT2D eigenvalue weighted by Gasteiger charge is -2.20. The van der Waals surface area contributed by atoms with Crippen LogP contribution < -0.4 is 5.32 Å². The van der Waals surface area contributed by atoms with Gasteiger partial charge in [0.15, 0.2) is 11.6 Å². The fraction of sp³-hybridized carbons (Fsp3) is 0.364. The minimum Gasteiger partial charge on any atom is -0.384 e. The van der Waals surface area contributed by atoms with Gasteiger partial charge < -0.3 is 5.32 Å². The fourth-order valence-corrected chi connectivity index (χ4v) is 3.68. The molecule has 0 aromatic heterocycles. The highest BCUT2D eigenvalue weighted by molar-refractivity contribution is 7.80. The molecule has 1 N–H and O–H groups in total. The van der Waals surface area contributed by atoms with Gasteiger partial charge in [0.2, 0.25) is 0 Å². The summed E-state index contributed by atoms with van der Waals surface area (Å²) >= 11 is 4.23. The number of anilines is 1. The minimum absolute atomic E-state index is 0.0648. The van der Waals surface area contributed by atoms with Crippen molar-refractivity contribution < 1.29 is 9.59 Å². The van der Waals surface area contributed by atoms with Gasteiger partial charge in [-0.3, -0.25) is 9.59 Å². The largest absolute Gasteiger partial charge is 0.384 e. The van der Waals surface area contributed by atoms with E-state index in [2.05, 4.69) is 17.9 Å². The van der Waals surface area contributed by atoms with Gasteiger partial charge in [0.05, 0.1) is 5.56 Å². The summed E-state index contributed by atoms with van der Waals surface area (Å²) in [6.45, 7) is 0.812. The van der Waals surface area contributed by atoms with Gasteiger partial charge in [-0.1, -0.05) is 62.1 Å². The van der Waals surface area contributed by atoms with Crippen LogP contribution in [0, 0.1) is 0 Å². The summed E-state index contributed by atoms with van der Waals surface area (Å²) < 4.78 is 0. The van der Waals surface area contributed by atoms with Gasteiger partial charge in [0, 0.05) is 28.9 Å². The van der Waals surface area contributed by atoms with Crippen LogP contribution in [0.25, 0.3) is 0 Å². The van der Waals surface area contributed by atoms with Crippen LogP contribution in [0.2, 0.25) is 0 Å². The van der Waals surface area contributed by atoms with Crippen molar-refractivity contribution >= 4 is 29.9 Å². The second kappa shape index (κ2) is 9.04. The second-order valence-electron chi connectivity index (χ2n) is 6.70. The van der Waals surface area contributed by atoms with E-state index < -0.39 is 0 Å². The van der Waals surface area contributed by atoms with E-state index in [-0.39, 0.29) is 11.6 Å². The molecule has 0 saturated heterocycles. The molecule has 0 heterocycles. The zero-order valence-electron chi connectivity index (χ0n) is 15.0. The molecule has 4 heteroatoms. The van der Waals surface area contributed by atoms with Crippen LogP contribution in [0.1, 0.15) is 70.4 Å². The van der Waals surface area contributed by atoms with Gasteiger partial charge in [0.1, 0.15) is 0 Å². The predicted molar refractivity (Wildman–Crippen MR) is 110 cm³/mol. The molecule has 0 bridgehead atoms. The first-order chi connectivity index (χ1) is 12.7. The molecule has 0 spiro atoms. The Kier molecular flexibility index (Phi) is 6.51. The maximum atomic E-state index is 12.9. The molecule has 136 valence electrons. The molecule has 0 aliphatic heterocycles. The SMILES string of the molecule is O=C1c2ccccc2C(=O)c2c(NCCCCCCCCS)cccc21. The summed E-state index contributed by atoms with van der Waals surface area (Å²) in [6, 6.07) is 12.6. The van der Waals surface area contributed by atoms with E-state index in [0.717, 1.165) is 24.4 Å². The molecular formula is C22H25NO2S. The number of fused-ring (bicyclic) bond motifs is 2. The zero-order chi connectivity index (χ0) is 18.4. The molecule has 0 radical (unpaired) electrons. The Morgan fingerprint density at radius 3 is 2.04 bits per heavy atom. The van der Waals surface area contributed by atoms with Crippen LogP contribution in [0.5, 0.6) is 0 Å². The first-order valence-corrected chi connectivity index (χ1v) is 10.0. The summed E-state index contributed by atoms with van der Waals surface area (Å²) in [4.78, 5) is 25.6. The number of hydrogen-bond donors (Lipinski definition) is 2. The average Bonchev–Trinajstić information content (AvgIpc) is 2.68. The first kappa shape index (κ1) is 18.7. The molecule has 3 rings (SSSR count). The summed E-state index contributed by atoms with van der Waals surface area (Å²) in [7, 11) is 0. The van der Waals surface area contributed by atoms with Gasteiger partial charge in [-0.05, 0) is 24.7 Å². The number of nitrogens with one attached hydrogen (secondary N) is 1. The van der Waals surface area contributed by atoms with Gasteiger partial charge in [-0.15, -0.1) is 0 Å². The monoisotopic (exact) mass is 367 g/mol. The van der Waals surface area contributed by atoms with E-state index in [1.54, 1.807) is 30.3 Å². The number of ketones is 2. The van der Waals surface area contributed by atoms with Crippen LogP contribution in [0.3, 0.4) is 0 Å². The van der Waals surface area contributed by atoms with E-state index in [1.807, 2.05) is 12.1 Å². The highest BCUT2D eigenvalue weighted by Crippen LogP contribution is 2.31. The normalized spacial score (nSPS) is 12.7. The zero-order valence-corrected chi connectivity index (χ0v) is 15.9. The van der Waals surface area contributed by atoms with Crippen LogP contribution in [0.4, 0.5) is 5.69 Å². The number of hydrogen-bond acceptors (Lipinski definition) is 4. The summed E-state index contributed by atoms with van der Waals surface area (Å²) in [5.41, 5.74) is 2.80. The van der Waals surface area contributed by atoms with E-state index in [9.17, 15) is 9.59 Å². The van der Waals surface area contributed by atoms with E-state index in [0.29, 0.717) is 22.3 Å². The fourth-order valence-electron chi connectivity index (χ4n) is 3.46. The third kappa shape index (κ3) is 4.01. The number of unbranched alkanes of at least 4 members (excludes halogenated alkanes) is 5. The van der Waals surface area contributed by atoms with Gasteiger partial charge >= 0.3 is 0 Å². The molecule has 0 saturated carbocycles. The van der Waals surface area contributed by atoms with Crippen molar-refractivity contribution in [3.63, 3.8) is 0 Å². The topological polar surface area (TPSA) is 46.2 Å². The Morgan fingerprint density at radius 1 is 0.692 bits per heavy atom. The number of benzene rings is 2. The molecule has 0 fully saturated rings. The van der Waals surface area contributed by atoms with Gasteiger partial charge in [-0.2, -0.15) is 12.6 Å². The number of rotatable bonds is 9. The summed E-state index contributed by atoms with van der Waals surface area (Å²) in [6.07, 6.45) is 7.15. The van der Waals surface area contributed by atoms with Crippen molar-refractivity contribution in [1.82, 2.24) is 0 Å². The van der Waals surface area contributed by atoms with E-state index in [1.165, 1.54) is 32.1 Å². The Hall–Kier alpha value is -2.07. The summed E-state index contributed by atoms with van der Waals surface area (Å²) in [5.74, 6) is 0.837. The smallest absolute Gasteiger partial charge is 0.196 e. The number of carbonyl (C=O) groups excluding carboxylic acids is 2. The Morgan fingerprint density at radius 2 is 1.31 bits per heavy atom. The van der Waals surface area contributed by atoms with Crippen molar-refractivity contribution in [2.75, 3.05) is 17.6 Å². The van der Waals surface area contributed by atoms with Crippen molar-refractivity contribution in [3.8, 4) is 0 Å². The second-order valence-corrected chi connectivity index (χ2v) is 7.15. The van der Waals surface area contributed by atoms with Crippen molar-refractivity contribution in [3.05, 3.63) is 64.7 Å². The van der Waals surface area contributed by atoms with Crippen molar-refractivity contribution in [2.45, 2.75) is 38.5 Å². The highest BCUT2D eigenvalue weighted by atomic mass is 32.1. The maximum Gasteiger partial charge on any atom is 0.196 e. The third-order valence-corrected chi connectivity index (χ3v) is 5.17. The van der Waals surface area contributed by atoms with Crippen molar-refractivity contribution in [1.29, 1.82) is 0 Å².